The van der Waals surface area contributed by atoms with Crippen LogP contribution < -0.4 is 10.1 Å². The van der Waals surface area contributed by atoms with Crippen LogP contribution in [-0.2, 0) is 16.7 Å². The summed E-state index contributed by atoms with van der Waals surface area (Å²) in [6, 6.07) is 4.11. The molecule has 4 heteroatoms. The maximum atomic E-state index is 5.67. The van der Waals surface area contributed by atoms with E-state index in [-0.39, 0.29) is 5.41 Å². The standard InChI is InChI=1S/C15H26N2O2/c1-6-18-7-8-19-14-10-12(11-16-5)9-13(17-14)15(2,3)4/h9-10,16H,6-8,11H2,1-5H3. The van der Waals surface area contributed by atoms with Crippen LogP contribution >= 0.6 is 0 Å². The number of nitrogens with zero attached hydrogens (tertiary/aromatic N) is 1. The Bertz CT molecular complexity index is 386. The van der Waals surface area contributed by atoms with E-state index in [0.29, 0.717) is 25.7 Å². The Morgan fingerprint density at radius 3 is 2.53 bits per heavy atom. The lowest BCUT2D eigenvalue weighted by atomic mass is 9.91. The fourth-order valence-corrected chi connectivity index (χ4v) is 1.67. The highest BCUT2D eigenvalue weighted by Gasteiger charge is 2.17. The van der Waals surface area contributed by atoms with Gasteiger partial charge in [-0.2, -0.15) is 0 Å². The van der Waals surface area contributed by atoms with Crippen molar-refractivity contribution in [3.05, 3.63) is 23.4 Å². The number of hydrogen-bond acceptors (Lipinski definition) is 4. The molecule has 0 radical (unpaired) electrons. The molecule has 1 aromatic heterocycles. The van der Waals surface area contributed by atoms with Crippen LogP contribution in [0.15, 0.2) is 12.1 Å². The first-order valence-electron chi connectivity index (χ1n) is 6.84. The van der Waals surface area contributed by atoms with Crippen molar-refractivity contribution in [3.63, 3.8) is 0 Å². The van der Waals surface area contributed by atoms with Gasteiger partial charge in [-0.15, -0.1) is 0 Å². The van der Waals surface area contributed by atoms with Gasteiger partial charge >= 0.3 is 0 Å². The molecule has 108 valence electrons. The topological polar surface area (TPSA) is 43.4 Å². The minimum absolute atomic E-state index is 0.0157. The van der Waals surface area contributed by atoms with Gasteiger partial charge in [-0.3, -0.25) is 0 Å². The monoisotopic (exact) mass is 266 g/mol. The summed E-state index contributed by atoms with van der Waals surface area (Å²) >= 11 is 0. The van der Waals surface area contributed by atoms with Crippen LogP contribution in [0.2, 0.25) is 0 Å². The summed E-state index contributed by atoms with van der Waals surface area (Å²) in [5, 5.41) is 3.16. The lowest BCUT2D eigenvalue weighted by Gasteiger charge is -2.20. The molecule has 0 bridgehead atoms. The van der Waals surface area contributed by atoms with Gasteiger partial charge in [0.15, 0.2) is 0 Å². The van der Waals surface area contributed by atoms with E-state index in [1.807, 2.05) is 20.0 Å². The van der Waals surface area contributed by atoms with E-state index in [1.165, 1.54) is 5.56 Å². The summed E-state index contributed by atoms with van der Waals surface area (Å²) < 4.78 is 10.9. The molecule has 0 aliphatic rings. The number of ether oxygens (including phenoxy) is 2. The molecule has 0 fully saturated rings. The molecule has 1 heterocycles. The van der Waals surface area contributed by atoms with Crippen LogP contribution in [-0.4, -0.2) is 31.9 Å². The predicted octanol–water partition coefficient (Wildman–Crippen LogP) is 2.51. The Balaban J connectivity index is 2.81. The van der Waals surface area contributed by atoms with Crippen molar-refractivity contribution in [2.75, 3.05) is 26.9 Å². The van der Waals surface area contributed by atoms with Crippen LogP contribution in [0.1, 0.15) is 39.0 Å². The zero-order valence-corrected chi connectivity index (χ0v) is 12.7. The Kier molecular flexibility index (Phi) is 6.25. The highest BCUT2D eigenvalue weighted by Crippen LogP contribution is 2.24. The van der Waals surface area contributed by atoms with Crippen molar-refractivity contribution in [1.82, 2.24) is 10.3 Å². The van der Waals surface area contributed by atoms with Crippen LogP contribution in [0.5, 0.6) is 5.88 Å². The molecule has 0 saturated heterocycles. The van der Waals surface area contributed by atoms with Gasteiger partial charge in [0, 0.05) is 24.6 Å². The molecule has 0 aliphatic heterocycles. The molecule has 4 nitrogen and oxygen atoms in total. The van der Waals surface area contributed by atoms with Crippen molar-refractivity contribution in [2.45, 2.75) is 39.7 Å². The van der Waals surface area contributed by atoms with Gasteiger partial charge in [0.05, 0.1) is 12.3 Å². The van der Waals surface area contributed by atoms with Gasteiger partial charge in [0.2, 0.25) is 5.88 Å². The Morgan fingerprint density at radius 2 is 1.95 bits per heavy atom. The highest BCUT2D eigenvalue weighted by molar-refractivity contribution is 5.28. The fourth-order valence-electron chi connectivity index (χ4n) is 1.67. The summed E-state index contributed by atoms with van der Waals surface area (Å²) in [7, 11) is 1.94. The van der Waals surface area contributed by atoms with Gasteiger partial charge in [-0.1, -0.05) is 20.8 Å². The van der Waals surface area contributed by atoms with E-state index in [2.05, 4.69) is 37.1 Å². The minimum atomic E-state index is 0.0157. The van der Waals surface area contributed by atoms with Crippen molar-refractivity contribution in [3.8, 4) is 5.88 Å². The molecule has 19 heavy (non-hydrogen) atoms. The zero-order valence-electron chi connectivity index (χ0n) is 12.7. The quantitative estimate of drug-likeness (QED) is 0.770. The Morgan fingerprint density at radius 1 is 1.21 bits per heavy atom. The molecule has 0 unspecified atom stereocenters. The average molecular weight is 266 g/mol. The molecule has 0 atom stereocenters. The molecule has 1 rings (SSSR count). The van der Waals surface area contributed by atoms with Crippen LogP contribution in [0, 0.1) is 0 Å². The van der Waals surface area contributed by atoms with Crippen molar-refractivity contribution in [2.24, 2.45) is 0 Å². The highest BCUT2D eigenvalue weighted by atomic mass is 16.5. The summed E-state index contributed by atoms with van der Waals surface area (Å²) in [4.78, 5) is 4.58. The van der Waals surface area contributed by atoms with Gasteiger partial charge in [0.25, 0.3) is 0 Å². The molecule has 0 amide bonds. The number of pyridine rings is 1. The second kappa shape index (κ2) is 7.46. The second-order valence-corrected chi connectivity index (χ2v) is 5.52. The predicted molar refractivity (Wildman–Crippen MR) is 77.7 cm³/mol. The Labute approximate surface area is 116 Å². The Hall–Kier alpha value is -1.13. The van der Waals surface area contributed by atoms with Crippen LogP contribution in [0.25, 0.3) is 0 Å². The normalized spacial score (nSPS) is 11.6. The summed E-state index contributed by atoms with van der Waals surface area (Å²) in [6.07, 6.45) is 0. The molecule has 1 N–H and O–H groups in total. The fraction of sp³-hybridized carbons (Fsp3) is 0.667. The summed E-state index contributed by atoms with van der Waals surface area (Å²) in [5.41, 5.74) is 2.25. The van der Waals surface area contributed by atoms with E-state index in [0.717, 1.165) is 12.2 Å². The average Bonchev–Trinajstić information content (AvgIpc) is 2.34. The zero-order chi connectivity index (χ0) is 14.3. The first-order chi connectivity index (χ1) is 8.97. The second-order valence-electron chi connectivity index (χ2n) is 5.52. The number of hydrogen-bond donors (Lipinski definition) is 1. The third-order valence-corrected chi connectivity index (χ3v) is 2.69. The van der Waals surface area contributed by atoms with Crippen molar-refractivity contribution >= 4 is 0 Å². The van der Waals surface area contributed by atoms with Gasteiger partial charge in [-0.05, 0) is 25.6 Å². The number of nitrogens with one attached hydrogen (secondary N) is 1. The van der Waals surface area contributed by atoms with Crippen molar-refractivity contribution < 1.29 is 9.47 Å². The molecule has 0 aromatic carbocycles. The largest absolute Gasteiger partial charge is 0.475 e. The van der Waals surface area contributed by atoms with E-state index in [9.17, 15) is 0 Å². The summed E-state index contributed by atoms with van der Waals surface area (Å²) in [6.45, 7) is 11.1. The van der Waals surface area contributed by atoms with E-state index in [4.69, 9.17) is 9.47 Å². The number of rotatable bonds is 7. The van der Waals surface area contributed by atoms with Gasteiger partial charge in [-0.25, -0.2) is 4.98 Å². The van der Waals surface area contributed by atoms with Crippen molar-refractivity contribution in [1.29, 1.82) is 0 Å². The lowest BCUT2D eigenvalue weighted by Crippen LogP contribution is -2.17. The third kappa shape index (κ3) is 5.57. The van der Waals surface area contributed by atoms with E-state index < -0.39 is 0 Å². The molecule has 0 aliphatic carbocycles. The molecular weight excluding hydrogens is 240 g/mol. The SMILES string of the molecule is CCOCCOc1cc(CNC)cc(C(C)(C)C)n1. The lowest BCUT2D eigenvalue weighted by molar-refractivity contribution is 0.108. The van der Waals surface area contributed by atoms with Crippen LogP contribution in [0.4, 0.5) is 0 Å². The molecule has 1 aromatic rings. The van der Waals surface area contributed by atoms with Gasteiger partial charge < -0.3 is 14.8 Å². The third-order valence-electron chi connectivity index (χ3n) is 2.69. The molecular formula is C15H26N2O2. The molecule has 0 spiro atoms. The first kappa shape index (κ1) is 15.9. The van der Waals surface area contributed by atoms with E-state index in [1.54, 1.807) is 0 Å². The first-order valence-corrected chi connectivity index (χ1v) is 6.84. The van der Waals surface area contributed by atoms with Gasteiger partial charge in [0.1, 0.15) is 6.61 Å². The van der Waals surface area contributed by atoms with Crippen LogP contribution in [0.3, 0.4) is 0 Å². The maximum absolute atomic E-state index is 5.67. The summed E-state index contributed by atoms with van der Waals surface area (Å²) in [5.74, 6) is 0.678. The maximum Gasteiger partial charge on any atom is 0.213 e. The number of aromatic nitrogens is 1. The minimum Gasteiger partial charge on any atom is -0.475 e. The smallest absolute Gasteiger partial charge is 0.213 e. The molecule has 0 saturated carbocycles. The van der Waals surface area contributed by atoms with E-state index >= 15 is 0 Å².